The Morgan fingerprint density at radius 2 is 1.64 bits per heavy atom. The maximum atomic E-state index is 13.6. The van der Waals surface area contributed by atoms with E-state index in [9.17, 15) is 24.7 Å². The van der Waals surface area contributed by atoms with Gasteiger partial charge in [-0.1, -0.05) is 36.4 Å². The summed E-state index contributed by atoms with van der Waals surface area (Å²) < 4.78 is 7.80. The van der Waals surface area contributed by atoms with Crippen LogP contribution >= 0.6 is 0 Å². The molecule has 4 amide bonds. The average molecular weight is 493 g/mol. The van der Waals surface area contributed by atoms with Gasteiger partial charge < -0.3 is 15.1 Å². The fourth-order valence-electron chi connectivity index (χ4n) is 4.66. The molecule has 0 bridgehead atoms. The van der Waals surface area contributed by atoms with E-state index in [1.807, 2.05) is 30.3 Å². The number of aromatic hydroxyl groups is 1. The zero-order valence-electron chi connectivity index (χ0n) is 20.8. The Labute approximate surface area is 208 Å². The highest BCUT2D eigenvalue weighted by atomic mass is 16.5. The molecule has 10 heteroatoms. The van der Waals surface area contributed by atoms with Crippen molar-refractivity contribution < 1.29 is 29.0 Å². The summed E-state index contributed by atoms with van der Waals surface area (Å²) in [5, 5.41) is 23.8. The minimum Gasteiger partial charge on any atom is -0.711 e. The molecule has 1 aliphatic heterocycles. The number of ether oxygens (including phenoxy) is 1. The lowest BCUT2D eigenvalue weighted by Gasteiger charge is -2.36. The summed E-state index contributed by atoms with van der Waals surface area (Å²) in [6, 6.07) is 13.2. The molecule has 0 radical (unpaired) electrons. The van der Waals surface area contributed by atoms with Crippen molar-refractivity contribution in [2.24, 2.45) is 5.92 Å². The van der Waals surface area contributed by atoms with E-state index in [1.165, 1.54) is 33.3 Å². The molecule has 1 N–H and O–H groups in total. The van der Waals surface area contributed by atoms with E-state index >= 15 is 0 Å². The van der Waals surface area contributed by atoms with Gasteiger partial charge in [-0.25, -0.2) is 14.1 Å². The number of carbonyl (C=O) groups excluding carboxylic acids is 3. The lowest BCUT2D eigenvalue weighted by atomic mass is 9.82. The van der Waals surface area contributed by atoms with Gasteiger partial charge >= 0.3 is 6.03 Å². The van der Waals surface area contributed by atoms with Crippen LogP contribution in [0, 0.1) is 25.0 Å². The van der Waals surface area contributed by atoms with Gasteiger partial charge in [0.15, 0.2) is 11.5 Å². The molecular formula is C26H28N4O6. The third-order valence-electron chi connectivity index (χ3n) is 6.84. The first-order valence-corrected chi connectivity index (χ1v) is 11.4. The van der Waals surface area contributed by atoms with Crippen molar-refractivity contribution in [1.82, 2.24) is 14.4 Å². The van der Waals surface area contributed by atoms with Crippen molar-refractivity contribution in [3.05, 3.63) is 82.1 Å². The van der Waals surface area contributed by atoms with Crippen LogP contribution in [0.5, 0.6) is 11.5 Å². The predicted molar refractivity (Wildman–Crippen MR) is 129 cm³/mol. The van der Waals surface area contributed by atoms with Gasteiger partial charge in [0.25, 0.3) is 5.82 Å². The Morgan fingerprint density at radius 1 is 1.03 bits per heavy atom. The Hall–Kier alpha value is -4.34. The maximum absolute atomic E-state index is 13.6. The van der Waals surface area contributed by atoms with Crippen LogP contribution in [0.25, 0.3) is 0 Å². The van der Waals surface area contributed by atoms with Gasteiger partial charge in [-0.15, -0.1) is 0 Å². The van der Waals surface area contributed by atoms with Crippen LogP contribution in [0.4, 0.5) is 4.79 Å². The number of phenolic OH excluding ortho intramolecular Hbond substituents is 1. The molecule has 36 heavy (non-hydrogen) atoms. The molecule has 2 heterocycles. The molecule has 1 unspecified atom stereocenters. The quantitative estimate of drug-likeness (QED) is 0.320. The molecule has 1 fully saturated rings. The van der Waals surface area contributed by atoms with Crippen molar-refractivity contribution >= 4 is 17.8 Å². The molecule has 0 saturated carbocycles. The highest BCUT2D eigenvalue weighted by Gasteiger charge is 2.51. The Bertz CT molecular complexity index is 1330. The van der Waals surface area contributed by atoms with Crippen molar-refractivity contribution in [1.29, 1.82) is 0 Å². The van der Waals surface area contributed by atoms with Crippen LogP contribution in [0.1, 0.15) is 34.3 Å². The molecule has 1 aromatic heterocycles. The third-order valence-corrected chi connectivity index (χ3v) is 6.84. The fraction of sp³-hybridized carbons (Fsp3) is 0.308. The first-order valence-electron chi connectivity index (χ1n) is 11.4. The molecule has 188 valence electrons. The fourth-order valence-corrected chi connectivity index (χ4v) is 4.66. The van der Waals surface area contributed by atoms with Crippen LogP contribution in [-0.2, 0) is 16.1 Å². The molecule has 1 atom stereocenters. The molecule has 0 spiro atoms. The normalized spacial score (nSPS) is 15.5. The lowest BCUT2D eigenvalue weighted by molar-refractivity contribution is -0.621. The number of carbonyl (C=O) groups is 3. The second-order valence-corrected chi connectivity index (χ2v) is 8.86. The minimum atomic E-state index is -1.39. The van der Waals surface area contributed by atoms with Crippen LogP contribution < -0.4 is 9.47 Å². The number of imide groups is 2. The maximum Gasteiger partial charge on any atom is 0.332 e. The number of hydrogen-bond donors (Lipinski definition) is 1. The number of aromatic nitrogens is 2. The van der Waals surface area contributed by atoms with E-state index in [-0.39, 0.29) is 17.3 Å². The lowest BCUT2D eigenvalue weighted by Crippen LogP contribution is -2.59. The van der Waals surface area contributed by atoms with Crippen molar-refractivity contribution in [2.75, 3.05) is 21.2 Å². The smallest absolute Gasteiger partial charge is 0.332 e. The number of benzene rings is 2. The van der Waals surface area contributed by atoms with Crippen LogP contribution in [0.2, 0.25) is 0 Å². The van der Waals surface area contributed by atoms with E-state index in [2.05, 4.69) is 0 Å². The summed E-state index contributed by atoms with van der Waals surface area (Å²) >= 11 is 0. The number of hydrogen-bond acceptors (Lipinski definition) is 6. The van der Waals surface area contributed by atoms with Crippen molar-refractivity contribution in [3.63, 3.8) is 0 Å². The number of methoxy groups -OCH3 is 1. The van der Waals surface area contributed by atoms with Gasteiger partial charge in [0.05, 0.1) is 7.11 Å². The zero-order valence-corrected chi connectivity index (χ0v) is 20.8. The summed E-state index contributed by atoms with van der Waals surface area (Å²) in [6.45, 7) is 3.80. The van der Waals surface area contributed by atoms with Crippen LogP contribution in [-0.4, -0.2) is 58.5 Å². The third kappa shape index (κ3) is 3.94. The van der Waals surface area contributed by atoms with Gasteiger partial charge in [-0.3, -0.25) is 19.4 Å². The van der Waals surface area contributed by atoms with Gasteiger partial charge in [0.2, 0.25) is 11.8 Å². The Balaban J connectivity index is 2.00. The van der Waals surface area contributed by atoms with Gasteiger partial charge in [0, 0.05) is 27.9 Å². The second kappa shape index (κ2) is 9.37. The van der Waals surface area contributed by atoms with E-state index in [0.29, 0.717) is 23.5 Å². The topological polar surface area (TPSA) is 119 Å². The molecule has 1 aliphatic rings. The number of imidazole rings is 1. The summed E-state index contributed by atoms with van der Waals surface area (Å²) in [6.07, 6.45) is 0. The van der Waals surface area contributed by atoms with Crippen molar-refractivity contribution in [3.8, 4) is 11.5 Å². The van der Waals surface area contributed by atoms with E-state index < -0.39 is 29.7 Å². The highest BCUT2D eigenvalue weighted by Crippen LogP contribution is 2.39. The van der Waals surface area contributed by atoms with Gasteiger partial charge in [-0.05, 0) is 23.3 Å². The standard InChI is InChI=1S/C26H28N4O6/c1-15-16(2)30(35)23(29(15)14-17-9-7-6-8-10-17)21(18-11-12-19(31)20(13-18)36-5)22-24(32)27(3)26(34)28(4)25(22)33/h6-13,21-22,31H,14H2,1-5H3. The van der Waals surface area contributed by atoms with Gasteiger partial charge in [-0.2, -0.15) is 0 Å². The average Bonchev–Trinajstić information content (AvgIpc) is 3.08. The molecular weight excluding hydrogens is 464 g/mol. The van der Waals surface area contributed by atoms with Crippen LogP contribution in [0.3, 0.4) is 0 Å². The van der Waals surface area contributed by atoms with E-state index in [1.54, 1.807) is 24.5 Å². The summed E-state index contributed by atoms with van der Waals surface area (Å²) in [5.74, 6) is -3.75. The highest BCUT2D eigenvalue weighted by molar-refractivity contribution is 6.16. The summed E-state index contributed by atoms with van der Waals surface area (Å²) in [5.41, 5.74) is 2.42. The first kappa shape index (κ1) is 24.8. The predicted octanol–water partition coefficient (Wildman–Crippen LogP) is 2.30. The molecule has 2 aromatic carbocycles. The molecule has 4 rings (SSSR count). The molecule has 1 saturated heterocycles. The summed E-state index contributed by atoms with van der Waals surface area (Å²) in [4.78, 5) is 41.1. The molecule has 10 nitrogen and oxygen atoms in total. The molecule has 0 aliphatic carbocycles. The number of rotatable bonds is 6. The monoisotopic (exact) mass is 492 g/mol. The number of barbiturate groups is 1. The second-order valence-electron chi connectivity index (χ2n) is 8.86. The van der Waals surface area contributed by atoms with E-state index in [4.69, 9.17) is 4.74 Å². The number of phenols is 1. The number of urea groups is 1. The first-order chi connectivity index (χ1) is 17.1. The SMILES string of the molecule is COc1cc(C(c2n(Cc3ccccc3)c(C)c(C)[n+]2[O-])C2C(=O)N(C)C(=O)N(C)C2=O)ccc1O. The minimum absolute atomic E-state index is 0.123. The molecule has 3 aromatic rings. The zero-order chi connectivity index (χ0) is 26.3. The Morgan fingerprint density at radius 3 is 2.22 bits per heavy atom. The number of nitrogens with zero attached hydrogens (tertiary/aromatic N) is 4. The Kier molecular flexibility index (Phi) is 6.45. The largest absolute Gasteiger partial charge is 0.711 e. The summed E-state index contributed by atoms with van der Waals surface area (Å²) in [7, 11) is 3.99. The van der Waals surface area contributed by atoms with Crippen molar-refractivity contribution in [2.45, 2.75) is 26.3 Å². The van der Waals surface area contributed by atoms with E-state index in [0.717, 1.165) is 20.1 Å². The van der Waals surface area contributed by atoms with Gasteiger partial charge in [0.1, 0.15) is 29.8 Å². The van der Waals surface area contributed by atoms with Crippen LogP contribution in [0.15, 0.2) is 48.5 Å². The number of amides is 4.